The fraction of sp³-hybridized carbons (Fsp3) is 0.125. The quantitative estimate of drug-likeness (QED) is 0.561. The van der Waals surface area contributed by atoms with Gasteiger partial charge in [-0.2, -0.15) is 5.10 Å². The molecule has 4 rings (SSSR count). The van der Waals surface area contributed by atoms with E-state index in [2.05, 4.69) is 25.5 Å². The predicted molar refractivity (Wildman–Crippen MR) is 95.4 cm³/mol. The Morgan fingerprint density at radius 2 is 2.15 bits per heavy atom. The van der Waals surface area contributed by atoms with Crippen LogP contribution in [0.5, 0.6) is 0 Å². The van der Waals surface area contributed by atoms with Crippen molar-refractivity contribution < 1.29 is 4.79 Å². The van der Waals surface area contributed by atoms with Crippen molar-refractivity contribution in [2.75, 3.05) is 6.54 Å². The zero-order chi connectivity index (χ0) is 17.9. The molecule has 0 spiro atoms. The van der Waals surface area contributed by atoms with E-state index in [1.54, 1.807) is 23.7 Å². The van der Waals surface area contributed by atoms with Crippen LogP contribution < -0.4 is 10.9 Å². The Hall–Kier alpha value is -3.40. The second-order valence-electron chi connectivity index (χ2n) is 5.38. The smallest absolute Gasteiger partial charge is 0.266 e. The first-order chi connectivity index (χ1) is 12.7. The summed E-state index contributed by atoms with van der Waals surface area (Å²) in [6.45, 7) is 0.517. The van der Waals surface area contributed by atoms with Crippen molar-refractivity contribution in [1.29, 1.82) is 0 Å². The van der Waals surface area contributed by atoms with Crippen LogP contribution in [0.1, 0.15) is 10.4 Å². The Balaban J connectivity index is 1.43. The van der Waals surface area contributed by atoms with Gasteiger partial charge < -0.3 is 5.32 Å². The Morgan fingerprint density at radius 1 is 1.23 bits per heavy atom. The molecule has 0 atom stereocenters. The van der Waals surface area contributed by atoms with E-state index in [1.165, 1.54) is 39.4 Å². The van der Waals surface area contributed by atoms with E-state index in [1.807, 2.05) is 6.07 Å². The molecule has 0 fully saturated rings. The molecule has 0 aliphatic heterocycles. The van der Waals surface area contributed by atoms with Crippen LogP contribution in [0.4, 0.5) is 0 Å². The van der Waals surface area contributed by atoms with Gasteiger partial charge in [0.15, 0.2) is 5.82 Å². The molecule has 1 amide bonds. The third kappa shape index (κ3) is 3.22. The molecule has 1 N–H and O–H groups in total. The number of nitrogens with one attached hydrogen (secondary N) is 1. The molecule has 26 heavy (non-hydrogen) atoms. The fourth-order valence-electron chi connectivity index (χ4n) is 2.42. The molecule has 9 nitrogen and oxygen atoms in total. The molecule has 0 unspecified atom stereocenters. The van der Waals surface area contributed by atoms with Crippen LogP contribution in [0.2, 0.25) is 0 Å². The summed E-state index contributed by atoms with van der Waals surface area (Å²) in [5, 5.41) is 11.0. The maximum Gasteiger partial charge on any atom is 0.266 e. The number of benzene rings is 1. The molecule has 3 heterocycles. The van der Waals surface area contributed by atoms with E-state index in [4.69, 9.17) is 0 Å². The third-order valence-electron chi connectivity index (χ3n) is 3.71. The zero-order valence-electron chi connectivity index (χ0n) is 13.4. The predicted octanol–water partition coefficient (Wildman–Crippen LogP) is 0.864. The summed E-state index contributed by atoms with van der Waals surface area (Å²) in [7, 11) is 0. The summed E-state index contributed by atoms with van der Waals surface area (Å²) in [6.07, 6.45) is 2.88. The minimum Gasteiger partial charge on any atom is -0.350 e. The number of thiazole rings is 1. The molecule has 4 aromatic rings. The van der Waals surface area contributed by atoms with E-state index < -0.39 is 0 Å². The highest BCUT2D eigenvalue weighted by molar-refractivity contribution is 7.16. The third-order valence-corrected chi connectivity index (χ3v) is 4.50. The van der Waals surface area contributed by atoms with Gasteiger partial charge in [-0.15, -0.1) is 16.4 Å². The number of carbonyl (C=O) groups is 1. The van der Waals surface area contributed by atoms with Crippen molar-refractivity contribution in [2.45, 2.75) is 6.54 Å². The molecule has 0 saturated heterocycles. The first-order valence-corrected chi connectivity index (χ1v) is 8.63. The lowest BCUT2D eigenvalue weighted by Crippen LogP contribution is -2.32. The highest BCUT2D eigenvalue weighted by atomic mass is 32.1. The van der Waals surface area contributed by atoms with Crippen molar-refractivity contribution in [3.63, 3.8) is 0 Å². The van der Waals surface area contributed by atoms with E-state index >= 15 is 0 Å². The van der Waals surface area contributed by atoms with Gasteiger partial charge in [-0.1, -0.05) is 0 Å². The molecule has 0 bridgehead atoms. The van der Waals surface area contributed by atoms with Crippen molar-refractivity contribution in [1.82, 2.24) is 34.8 Å². The first-order valence-electron chi connectivity index (χ1n) is 7.75. The van der Waals surface area contributed by atoms with Gasteiger partial charge >= 0.3 is 0 Å². The minimum absolute atomic E-state index is 0.208. The van der Waals surface area contributed by atoms with Gasteiger partial charge in [0.2, 0.25) is 0 Å². The summed E-state index contributed by atoms with van der Waals surface area (Å²) < 4.78 is 3.69. The van der Waals surface area contributed by atoms with Crippen LogP contribution >= 0.6 is 11.3 Å². The molecule has 0 saturated carbocycles. The van der Waals surface area contributed by atoms with Crippen LogP contribution in [-0.2, 0) is 6.54 Å². The van der Waals surface area contributed by atoms with Crippen molar-refractivity contribution >= 4 is 27.5 Å². The molecule has 0 radical (unpaired) electrons. The monoisotopic (exact) mass is 367 g/mol. The molecule has 0 aliphatic rings. The lowest BCUT2D eigenvalue weighted by atomic mass is 10.2. The largest absolute Gasteiger partial charge is 0.350 e. The number of amides is 1. The maximum absolute atomic E-state index is 12.3. The molecular formula is C16H13N7O2S. The van der Waals surface area contributed by atoms with Crippen LogP contribution in [-0.4, -0.2) is 42.0 Å². The highest BCUT2D eigenvalue weighted by Crippen LogP contribution is 2.18. The summed E-state index contributed by atoms with van der Waals surface area (Å²) in [5.74, 6) is 0.268. The molecule has 3 aromatic heterocycles. The maximum atomic E-state index is 12.3. The Kier molecular flexibility index (Phi) is 4.23. The average molecular weight is 367 g/mol. The highest BCUT2D eigenvalue weighted by Gasteiger charge is 2.08. The van der Waals surface area contributed by atoms with Gasteiger partial charge in [0.1, 0.15) is 12.7 Å². The van der Waals surface area contributed by atoms with E-state index in [-0.39, 0.29) is 24.6 Å². The molecule has 130 valence electrons. The lowest BCUT2D eigenvalue weighted by molar-refractivity contribution is 0.0952. The number of aromatic nitrogens is 6. The van der Waals surface area contributed by atoms with Gasteiger partial charge in [-0.25, -0.2) is 19.3 Å². The van der Waals surface area contributed by atoms with Crippen LogP contribution in [0, 0.1) is 0 Å². The lowest BCUT2D eigenvalue weighted by Gasteiger charge is -2.08. The van der Waals surface area contributed by atoms with Crippen LogP contribution in [0.15, 0.2) is 53.3 Å². The van der Waals surface area contributed by atoms with Gasteiger partial charge in [-0.05, 0) is 24.3 Å². The van der Waals surface area contributed by atoms with Crippen LogP contribution in [0.25, 0.3) is 16.0 Å². The first kappa shape index (κ1) is 16.1. The summed E-state index contributed by atoms with van der Waals surface area (Å²) >= 11 is 1.48. The topological polar surface area (TPSA) is 108 Å². The molecule has 10 heteroatoms. The van der Waals surface area contributed by atoms with E-state index in [0.717, 1.165) is 10.2 Å². The second kappa shape index (κ2) is 6.84. The molecule has 0 aliphatic carbocycles. The number of rotatable bonds is 5. The normalized spacial score (nSPS) is 10.9. The van der Waals surface area contributed by atoms with Crippen LogP contribution in [0.3, 0.4) is 0 Å². The molecular weight excluding hydrogens is 354 g/mol. The number of hydrogen-bond donors (Lipinski definition) is 1. The van der Waals surface area contributed by atoms with Gasteiger partial charge in [0, 0.05) is 18.2 Å². The number of fused-ring (bicyclic) bond motifs is 1. The van der Waals surface area contributed by atoms with Crippen molar-refractivity contribution in [3.05, 3.63) is 64.4 Å². The van der Waals surface area contributed by atoms with Gasteiger partial charge in [0.05, 0.1) is 22.3 Å². The van der Waals surface area contributed by atoms with Gasteiger partial charge in [0.25, 0.3) is 11.5 Å². The Labute approximate surface area is 150 Å². The number of carbonyl (C=O) groups excluding carboxylic acids is 1. The summed E-state index contributed by atoms with van der Waals surface area (Å²) in [6, 6.07) is 8.32. The average Bonchev–Trinajstić information content (AvgIpc) is 3.34. The Bertz CT molecular complexity index is 1120. The van der Waals surface area contributed by atoms with Gasteiger partial charge in [-0.3, -0.25) is 9.59 Å². The van der Waals surface area contributed by atoms with E-state index in [9.17, 15) is 9.59 Å². The summed E-state index contributed by atoms with van der Waals surface area (Å²) in [4.78, 5) is 32.3. The van der Waals surface area contributed by atoms with Crippen molar-refractivity contribution in [3.8, 4) is 5.82 Å². The van der Waals surface area contributed by atoms with E-state index in [0.29, 0.717) is 11.4 Å². The zero-order valence-corrected chi connectivity index (χ0v) is 14.3. The number of nitrogens with zero attached hydrogens (tertiary/aromatic N) is 6. The van der Waals surface area contributed by atoms with Crippen molar-refractivity contribution in [2.24, 2.45) is 0 Å². The second-order valence-corrected chi connectivity index (χ2v) is 6.27. The fourth-order valence-corrected chi connectivity index (χ4v) is 3.14. The number of hydrogen-bond acceptors (Lipinski definition) is 7. The minimum atomic E-state index is -0.255. The summed E-state index contributed by atoms with van der Waals surface area (Å²) in [5.41, 5.74) is 2.91. The SMILES string of the molecule is O=C(NCCn1nc(-n2cncn2)ccc1=O)c1ccc2ncsc2c1. The standard InChI is InChI=1S/C16H13N7O2S/c24-15-4-3-14(23-9-17-8-20-23)21-22(15)6-5-18-16(25)11-1-2-12-13(7-11)26-10-19-12/h1-4,7-10H,5-6H2,(H,18,25). The Morgan fingerprint density at radius 3 is 3.00 bits per heavy atom. The molecule has 1 aromatic carbocycles.